The van der Waals surface area contributed by atoms with Gasteiger partial charge in [-0.3, -0.25) is 9.69 Å². The van der Waals surface area contributed by atoms with Gasteiger partial charge >= 0.3 is 5.97 Å². The second-order valence-electron chi connectivity index (χ2n) is 4.40. The van der Waals surface area contributed by atoms with Crippen LogP contribution in [0.1, 0.15) is 18.2 Å². The fraction of sp³-hybridized carbons (Fsp3) is 0.385. The van der Waals surface area contributed by atoms with Gasteiger partial charge in [0, 0.05) is 18.9 Å². The molecular weight excluding hydrogens is 230 g/mol. The minimum absolute atomic E-state index is 0.0450. The molecule has 0 aromatic carbocycles. The van der Waals surface area contributed by atoms with Crippen molar-refractivity contribution < 1.29 is 9.90 Å². The van der Waals surface area contributed by atoms with Gasteiger partial charge in [-0.25, -0.2) is 4.98 Å². The van der Waals surface area contributed by atoms with Crippen LogP contribution in [0.3, 0.4) is 0 Å². The van der Waals surface area contributed by atoms with E-state index in [1.165, 1.54) is 5.56 Å². The Kier molecular flexibility index (Phi) is 3.62. The molecule has 0 bridgehead atoms. The lowest BCUT2D eigenvalue weighted by atomic mass is 10.3. The first-order valence-corrected chi connectivity index (χ1v) is 5.97. The molecular formula is C13H17N3O2. The molecule has 2 aromatic rings. The molecule has 2 rings (SSSR count). The predicted molar refractivity (Wildman–Crippen MR) is 68.5 cm³/mol. The van der Waals surface area contributed by atoms with E-state index in [0.29, 0.717) is 13.1 Å². The van der Waals surface area contributed by atoms with Gasteiger partial charge in [0.25, 0.3) is 0 Å². The van der Waals surface area contributed by atoms with Gasteiger partial charge in [-0.1, -0.05) is 13.0 Å². The molecule has 0 spiro atoms. The van der Waals surface area contributed by atoms with Gasteiger partial charge in [-0.05, 0) is 25.1 Å². The summed E-state index contributed by atoms with van der Waals surface area (Å²) in [4.78, 5) is 17.0. The van der Waals surface area contributed by atoms with E-state index in [4.69, 9.17) is 5.11 Å². The Bertz CT molecular complexity index is 562. The van der Waals surface area contributed by atoms with E-state index in [0.717, 1.165) is 11.3 Å². The molecule has 0 aliphatic heterocycles. The summed E-state index contributed by atoms with van der Waals surface area (Å²) >= 11 is 0. The number of aromatic nitrogens is 2. The first kappa shape index (κ1) is 12.6. The van der Waals surface area contributed by atoms with E-state index in [1.807, 2.05) is 47.7 Å². The molecule has 0 amide bonds. The lowest BCUT2D eigenvalue weighted by Crippen LogP contribution is -2.29. The summed E-state index contributed by atoms with van der Waals surface area (Å²) in [6.45, 7) is 5.27. The van der Waals surface area contributed by atoms with Gasteiger partial charge < -0.3 is 9.51 Å². The van der Waals surface area contributed by atoms with Crippen molar-refractivity contribution in [2.45, 2.75) is 20.4 Å². The molecule has 0 aliphatic rings. The third kappa shape index (κ3) is 2.87. The van der Waals surface area contributed by atoms with Crippen molar-refractivity contribution in [1.82, 2.24) is 14.3 Å². The number of aryl methyl sites for hydroxylation is 1. The number of hydrogen-bond acceptors (Lipinski definition) is 3. The summed E-state index contributed by atoms with van der Waals surface area (Å²) < 4.78 is 1.97. The molecule has 0 atom stereocenters. The number of carboxylic acids is 1. The van der Waals surface area contributed by atoms with Gasteiger partial charge in [-0.2, -0.15) is 0 Å². The maximum absolute atomic E-state index is 10.7. The van der Waals surface area contributed by atoms with Crippen molar-refractivity contribution >= 4 is 11.6 Å². The SMILES string of the molecule is CCN(CC(=O)O)Cc1cn2cc(C)ccc2n1. The summed E-state index contributed by atoms with van der Waals surface area (Å²) in [5.74, 6) is -0.809. The zero-order chi connectivity index (χ0) is 13.1. The van der Waals surface area contributed by atoms with Crippen LogP contribution in [0.15, 0.2) is 24.5 Å². The highest BCUT2D eigenvalue weighted by atomic mass is 16.4. The Labute approximate surface area is 106 Å². The topological polar surface area (TPSA) is 57.8 Å². The van der Waals surface area contributed by atoms with E-state index >= 15 is 0 Å². The van der Waals surface area contributed by atoms with Crippen LogP contribution in [0.4, 0.5) is 0 Å². The average Bonchev–Trinajstić information content (AvgIpc) is 2.68. The molecule has 2 aromatic heterocycles. The lowest BCUT2D eigenvalue weighted by Gasteiger charge is -2.15. The number of rotatable bonds is 5. The Hall–Kier alpha value is -1.88. The van der Waals surface area contributed by atoms with Crippen LogP contribution < -0.4 is 0 Å². The van der Waals surface area contributed by atoms with Crippen molar-refractivity contribution in [2.75, 3.05) is 13.1 Å². The molecule has 0 saturated carbocycles. The van der Waals surface area contributed by atoms with Crippen LogP contribution in [0.2, 0.25) is 0 Å². The van der Waals surface area contributed by atoms with E-state index < -0.39 is 5.97 Å². The minimum atomic E-state index is -0.809. The molecule has 18 heavy (non-hydrogen) atoms. The van der Waals surface area contributed by atoms with Crippen molar-refractivity contribution in [2.24, 2.45) is 0 Å². The number of nitrogens with zero attached hydrogens (tertiary/aromatic N) is 3. The van der Waals surface area contributed by atoms with Crippen LogP contribution in [-0.4, -0.2) is 38.4 Å². The van der Waals surface area contributed by atoms with Crippen LogP contribution in [0.25, 0.3) is 5.65 Å². The third-order valence-electron chi connectivity index (χ3n) is 2.84. The summed E-state index contributed by atoms with van der Waals surface area (Å²) in [6.07, 6.45) is 3.96. The molecule has 96 valence electrons. The summed E-state index contributed by atoms with van der Waals surface area (Å²) in [5.41, 5.74) is 2.95. The van der Waals surface area contributed by atoms with E-state index in [9.17, 15) is 4.79 Å². The number of carboxylic acid groups (broad SMARTS) is 1. The molecule has 0 aliphatic carbocycles. The second kappa shape index (κ2) is 5.18. The summed E-state index contributed by atoms with van der Waals surface area (Å²) in [5, 5.41) is 8.80. The van der Waals surface area contributed by atoms with Crippen LogP contribution >= 0.6 is 0 Å². The summed E-state index contributed by atoms with van der Waals surface area (Å²) in [7, 11) is 0. The highest BCUT2D eigenvalue weighted by molar-refractivity contribution is 5.69. The van der Waals surface area contributed by atoms with Gasteiger partial charge in [0.05, 0.1) is 12.2 Å². The predicted octanol–water partition coefficient (Wildman–Crippen LogP) is 1.55. The molecule has 5 nitrogen and oxygen atoms in total. The van der Waals surface area contributed by atoms with Crippen molar-refractivity contribution in [3.05, 3.63) is 35.8 Å². The number of pyridine rings is 1. The Morgan fingerprint density at radius 2 is 2.22 bits per heavy atom. The second-order valence-corrected chi connectivity index (χ2v) is 4.40. The average molecular weight is 247 g/mol. The lowest BCUT2D eigenvalue weighted by molar-refractivity contribution is -0.138. The molecule has 2 heterocycles. The number of hydrogen-bond donors (Lipinski definition) is 1. The number of fused-ring (bicyclic) bond motifs is 1. The zero-order valence-electron chi connectivity index (χ0n) is 10.6. The van der Waals surface area contributed by atoms with Crippen molar-refractivity contribution in [3.8, 4) is 0 Å². The normalized spacial score (nSPS) is 11.3. The van der Waals surface area contributed by atoms with Crippen molar-refractivity contribution in [1.29, 1.82) is 0 Å². The fourth-order valence-corrected chi connectivity index (χ4v) is 1.93. The molecule has 0 saturated heterocycles. The Morgan fingerprint density at radius 3 is 2.89 bits per heavy atom. The van der Waals surface area contributed by atoms with Gasteiger partial charge in [0.1, 0.15) is 5.65 Å². The number of aliphatic carboxylic acids is 1. The molecule has 0 radical (unpaired) electrons. The first-order chi connectivity index (χ1) is 8.58. The maximum Gasteiger partial charge on any atom is 0.317 e. The molecule has 0 fully saturated rings. The monoisotopic (exact) mass is 247 g/mol. The highest BCUT2D eigenvalue weighted by Gasteiger charge is 2.10. The maximum atomic E-state index is 10.7. The Morgan fingerprint density at radius 1 is 1.44 bits per heavy atom. The van der Waals surface area contributed by atoms with Gasteiger partial charge in [0.15, 0.2) is 0 Å². The third-order valence-corrected chi connectivity index (χ3v) is 2.84. The standard InChI is InChI=1S/C13H17N3O2/c1-3-15(9-13(17)18)7-11-8-16-6-10(2)4-5-12(16)14-11/h4-6,8H,3,7,9H2,1-2H3,(H,17,18). The van der Waals surface area contributed by atoms with Crippen molar-refractivity contribution in [3.63, 3.8) is 0 Å². The highest BCUT2D eigenvalue weighted by Crippen LogP contribution is 2.09. The van der Waals surface area contributed by atoms with E-state index in [1.54, 1.807) is 0 Å². The first-order valence-electron chi connectivity index (χ1n) is 5.97. The Balaban J connectivity index is 2.18. The summed E-state index contributed by atoms with van der Waals surface area (Å²) in [6, 6.07) is 3.98. The minimum Gasteiger partial charge on any atom is -0.480 e. The van der Waals surface area contributed by atoms with Crippen LogP contribution in [-0.2, 0) is 11.3 Å². The van der Waals surface area contributed by atoms with Gasteiger partial charge in [0.2, 0.25) is 0 Å². The van der Waals surface area contributed by atoms with E-state index in [2.05, 4.69) is 4.98 Å². The quantitative estimate of drug-likeness (QED) is 0.871. The zero-order valence-corrected chi connectivity index (χ0v) is 10.6. The number of likely N-dealkylation sites (N-methyl/N-ethyl adjacent to an activating group) is 1. The smallest absolute Gasteiger partial charge is 0.317 e. The van der Waals surface area contributed by atoms with Gasteiger partial charge in [-0.15, -0.1) is 0 Å². The molecule has 1 N–H and O–H groups in total. The fourth-order valence-electron chi connectivity index (χ4n) is 1.93. The van der Waals surface area contributed by atoms with Crippen LogP contribution in [0.5, 0.6) is 0 Å². The van der Waals surface area contributed by atoms with E-state index in [-0.39, 0.29) is 6.54 Å². The largest absolute Gasteiger partial charge is 0.480 e. The molecule has 5 heteroatoms. The van der Waals surface area contributed by atoms with Crippen LogP contribution in [0, 0.1) is 6.92 Å². The number of imidazole rings is 1. The molecule has 0 unspecified atom stereocenters. The number of carbonyl (C=O) groups is 1.